The molecular weight excluding hydrogens is 304 g/mol. The molecule has 5 heteroatoms. The lowest BCUT2D eigenvalue weighted by Gasteiger charge is -2.29. The molecular formula is C19H24N2O3. The maximum absolute atomic E-state index is 11.1. The molecule has 24 heavy (non-hydrogen) atoms. The van der Waals surface area contributed by atoms with E-state index >= 15 is 0 Å². The molecule has 1 aliphatic heterocycles. The molecule has 1 saturated heterocycles. The lowest BCUT2D eigenvalue weighted by Crippen LogP contribution is -2.36. The summed E-state index contributed by atoms with van der Waals surface area (Å²) in [5, 5.41) is 9.09. The third kappa shape index (κ3) is 3.36. The van der Waals surface area contributed by atoms with Gasteiger partial charge in [0.05, 0.1) is 11.6 Å². The molecule has 0 spiro atoms. The monoisotopic (exact) mass is 328 g/mol. The number of carboxylic acid groups (broad SMARTS) is 1. The van der Waals surface area contributed by atoms with Crippen molar-refractivity contribution in [3.8, 4) is 11.5 Å². The maximum Gasteiger partial charge on any atom is 0.306 e. The number of aromatic nitrogens is 1. The minimum atomic E-state index is -0.676. The van der Waals surface area contributed by atoms with E-state index in [0.29, 0.717) is 25.3 Å². The molecule has 128 valence electrons. The summed E-state index contributed by atoms with van der Waals surface area (Å²) in [4.78, 5) is 18.0. The predicted octanol–water partition coefficient (Wildman–Crippen LogP) is 3.56. The van der Waals surface area contributed by atoms with Gasteiger partial charge in [0.1, 0.15) is 5.76 Å². The zero-order chi connectivity index (χ0) is 17.3. The maximum atomic E-state index is 11.1. The first-order valence-electron chi connectivity index (χ1n) is 8.43. The summed E-state index contributed by atoms with van der Waals surface area (Å²) in [6.45, 7) is 8.39. The zero-order valence-electron chi connectivity index (χ0n) is 14.5. The summed E-state index contributed by atoms with van der Waals surface area (Å²) < 4.78 is 5.93. The largest absolute Gasteiger partial charge is 0.481 e. The summed E-state index contributed by atoms with van der Waals surface area (Å²) in [7, 11) is 0. The molecule has 2 heterocycles. The number of likely N-dealkylation sites (tertiary alicyclic amines) is 1. The van der Waals surface area contributed by atoms with Crippen LogP contribution >= 0.6 is 0 Å². The second-order valence-corrected chi connectivity index (χ2v) is 6.68. The molecule has 1 fully saturated rings. The number of oxazole rings is 1. The molecule has 3 rings (SSSR count). The molecule has 0 aliphatic carbocycles. The molecule has 1 N–H and O–H groups in total. The molecule has 0 radical (unpaired) electrons. The number of aryl methyl sites for hydroxylation is 3. The van der Waals surface area contributed by atoms with Gasteiger partial charge >= 0.3 is 5.97 Å². The van der Waals surface area contributed by atoms with Crippen molar-refractivity contribution in [1.29, 1.82) is 0 Å². The zero-order valence-corrected chi connectivity index (χ0v) is 14.5. The third-order valence-electron chi connectivity index (χ3n) is 4.90. The summed E-state index contributed by atoms with van der Waals surface area (Å²) in [5.74, 6) is 0.640. The predicted molar refractivity (Wildman–Crippen MR) is 91.8 cm³/mol. The van der Waals surface area contributed by atoms with Crippen molar-refractivity contribution >= 4 is 5.97 Å². The highest BCUT2D eigenvalue weighted by Gasteiger charge is 2.25. The fourth-order valence-electron chi connectivity index (χ4n) is 3.38. The van der Waals surface area contributed by atoms with Gasteiger partial charge in [-0.1, -0.05) is 18.2 Å². The Bertz CT molecular complexity index is 723. The van der Waals surface area contributed by atoms with Crippen molar-refractivity contribution in [2.75, 3.05) is 13.1 Å². The smallest absolute Gasteiger partial charge is 0.306 e. The normalized spacial score (nSPS) is 16.5. The molecule has 0 atom stereocenters. The van der Waals surface area contributed by atoms with E-state index in [1.807, 2.05) is 13.0 Å². The van der Waals surface area contributed by atoms with Gasteiger partial charge in [-0.25, -0.2) is 4.98 Å². The Morgan fingerprint density at radius 3 is 2.46 bits per heavy atom. The van der Waals surface area contributed by atoms with Crippen molar-refractivity contribution in [3.63, 3.8) is 0 Å². The summed E-state index contributed by atoms with van der Waals surface area (Å²) >= 11 is 0. The van der Waals surface area contributed by atoms with Gasteiger partial charge in [-0.3, -0.25) is 9.69 Å². The average Bonchev–Trinajstić information content (AvgIpc) is 2.88. The molecule has 0 saturated carbocycles. The standard InChI is InChI=1S/C19H24N2O3/c1-12-5-4-6-13(2)17(12)18-20-16(14(3)24-18)11-21-9-7-15(8-10-21)19(22)23/h4-6,15H,7-11H2,1-3H3,(H,22,23). The van der Waals surface area contributed by atoms with Crippen molar-refractivity contribution in [1.82, 2.24) is 9.88 Å². The Balaban J connectivity index is 1.75. The van der Waals surface area contributed by atoms with Crippen LogP contribution in [0.3, 0.4) is 0 Å². The first kappa shape index (κ1) is 16.7. The lowest BCUT2D eigenvalue weighted by molar-refractivity contribution is -0.143. The Kier molecular flexibility index (Phi) is 4.71. The van der Waals surface area contributed by atoms with E-state index in [4.69, 9.17) is 14.5 Å². The van der Waals surface area contributed by atoms with Gasteiger partial charge in [0.25, 0.3) is 0 Å². The Morgan fingerprint density at radius 2 is 1.88 bits per heavy atom. The minimum Gasteiger partial charge on any atom is -0.481 e. The molecule has 0 unspecified atom stereocenters. The van der Waals surface area contributed by atoms with Crippen LogP contribution in [0.2, 0.25) is 0 Å². The number of carboxylic acids is 1. The van der Waals surface area contributed by atoms with Crippen LogP contribution in [-0.4, -0.2) is 34.0 Å². The second kappa shape index (κ2) is 6.77. The molecule has 2 aromatic rings. The van der Waals surface area contributed by atoms with Crippen LogP contribution in [0.4, 0.5) is 0 Å². The molecule has 1 aromatic carbocycles. The van der Waals surface area contributed by atoms with E-state index in [1.54, 1.807) is 0 Å². The van der Waals surface area contributed by atoms with Crippen molar-refractivity contribution in [2.24, 2.45) is 5.92 Å². The molecule has 5 nitrogen and oxygen atoms in total. The number of nitrogens with zero attached hydrogens (tertiary/aromatic N) is 2. The number of carbonyl (C=O) groups is 1. The number of piperidine rings is 1. The highest BCUT2D eigenvalue weighted by atomic mass is 16.4. The van der Waals surface area contributed by atoms with Crippen LogP contribution in [0.25, 0.3) is 11.5 Å². The topological polar surface area (TPSA) is 66.6 Å². The van der Waals surface area contributed by atoms with Gasteiger partial charge in [0.2, 0.25) is 5.89 Å². The van der Waals surface area contributed by atoms with Gasteiger partial charge in [-0.15, -0.1) is 0 Å². The summed E-state index contributed by atoms with van der Waals surface area (Å²) in [6, 6.07) is 6.17. The van der Waals surface area contributed by atoms with E-state index in [2.05, 4.69) is 30.9 Å². The van der Waals surface area contributed by atoms with Crippen LogP contribution in [0.5, 0.6) is 0 Å². The van der Waals surface area contributed by atoms with Crippen molar-refractivity contribution in [2.45, 2.75) is 40.2 Å². The molecule has 0 amide bonds. The van der Waals surface area contributed by atoms with Crippen LogP contribution < -0.4 is 0 Å². The van der Waals surface area contributed by atoms with E-state index in [9.17, 15) is 4.79 Å². The number of hydrogen-bond donors (Lipinski definition) is 1. The van der Waals surface area contributed by atoms with Gasteiger partial charge < -0.3 is 9.52 Å². The second-order valence-electron chi connectivity index (χ2n) is 6.68. The molecule has 1 aliphatic rings. The van der Waals surface area contributed by atoms with E-state index < -0.39 is 5.97 Å². The van der Waals surface area contributed by atoms with E-state index in [1.165, 1.54) is 0 Å². The lowest BCUT2D eigenvalue weighted by atomic mass is 9.97. The van der Waals surface area contributed by atoms with E-state index in [-0.39, 0.29) is 5.92 Å². The number of hydrogen-bond acceptors (Lipinski definition) is 4. The van der Waals surface area contributed by atoms with Crippen molar-refractivity contribution in [3.05, 3.63) is 40.8 Å². The fraction of sp³-hybridized carbons (Fsp3) is 0.474. The third-order valence-corrected chi connectivity index (χ3v) is 4.90. The number of benzene rings is 1. The van der Waals surface area contributed by atoms with E-state index in [0.717, 1.165) is 41.2 Å². The molecule has 1 aromatic heterocycles. The van der Waals surface area contributed by atoms with Gasteiger partial charge in [0.15, 0.2) is 0 Å². The summed E-state index contributed by atoms with van der Waals surface area (Å²) in [6.07, 6.45) is 1.41. The number of rotatable bonds is 4. The minimum absolute atomic E-state index is 0.204. The quantitative estimate of drug-likeness (QED) is 0.929. The van der Waals surface area contributed by atoms with Crippen LogP contribution in [0.1, 0.15) is 35.4 Å². The Labute approximate surface area is 142 Å². The highest BCUT2D eigenvalue weighted by molar-refractivity contribution is 5.70. The van der Waals surface area contributed by atoms with Crippen LogP contribution in [0, 0.1) is 26.7 Å². The average molecular weight is 328 g/mol. The van der Waals surface area contributed by atoms with Crippen LogP contribution in [0.15, 0.2) is 22.6 Å². The van der Waals surface area contributed by atoms with Gasteiger partial charge in [-0.2, -0.15) is 0 Å². The SMILES string of the molecule is Cc1cccc(C)c1-c1nc(CN2CCC(C(=O)O)CC2)c(C)o1. The van der Waals surface area contributed by atoms with Gasteiger partial charge in [0, 0.05) is 12.1 Å². The highest BCUT2D eigenvalue weighted by Crippen LogP contribution is 2.29. The van der Waals surface area contributed by atoms with Gasteiger partial charge in [-0.05, 0) is 57.8 Å². The van der Waals surface area contributed by atoms with Crippen LogP contribution in [-0.2, 0) is 11.3 Å². The number of aliphatic carboxylic acids is 1. The first-order chi connectivity index (χ1) is 11.5. The first-order valence-corrected chi connectivity index (χ1v) is 8.43. The summed E-state index contributed by atoms with van der Waals surface area (Å²) in [5.41, 5.74) is 4.33. The Hall–Kier alpha value is -2.14. The molecule has 0 bridgehead atoms. The Morgan fingerprint density at radius 1 is 1.25 bits per heavy atom. The fourth-order valence-corrected chi connectivity index (χ4v) is 3.38. The van der Waals surface area contributed by atoms with Crippen molar-refractivity contribution < 1.29 is 14.3 Å².